The summed E-state index contributed by atoms with van der Waals surface area (Å²) in [5.74, 6) is -0.229. The first-order valence-electron chi connectivity index (χ1n) is 4.77. The fourth-order valence-electron chi connectivity index (χ4n) is 1.23. The standard InChI is InChI=1S/C12H13NO3/c1-16-9-13-12(15)11-7-3-2-5-10(11)6-4-8-14/h2-8H,9H2,1H3,(H,13,15)/b6-4+. The molecule has 16 heavy (non-hydrogen) atoms. The van der Waals surface area contributed by atoms with Crippen molar-refractivity contribution >= 4 is 18.3 Å². The van der Waals surface area contributed by atoms with E-state index in [4.69, 9.17) is 4.74 Å². The number of rotatable bonds is 5. The monoisotopic (exact) mass is 219 g/mol. The van der Waals surface area contributed by atoms with Gasteiger partial charge in [-0.1, -0.05) is 24.3 Å². The second kappa shape index (κ2) is 6.53. The van der Waals surface area contributed by atoms with Crippen LogP contribution in [0.5, 0.6) is 0 Å². The number of methoxy groups -OCH3 is 1. The maximum absolute atomic E-state index is 11.7. The molecule has 4 nitrogen and oxygen atoms in total. The van der Waals surface area contributed by atoms with E-state index in [1.807, 2.05) is 0 Å². The van der Waals surface area contributed by atoms with Crippen molar-refractivity contribution in [2.75, 3.05) is 13.8 Å². The second-order valence-electron chi connectivity index (χ2n) is 3.02. The highest BCUT2D eigenvalue weighted by Gasteiger charge is 2.07. The van der Waals surface area contributed by atoms with Crippen LogP contribution < -0.4 is 5.32 Å². The third-order valence-electron chi connectivity index (χ3n) is 1.94. The summed E-state index contributed by atoms with van der Waals surface area (Å²) in [7, 11) is 1.50. The van der Waals surface area contributed by atoms with Gasteiger partial charge in [-0.2, -0.15) is 0 Å². The average molecular weight is 219 g/mol. The molecule has 0 fully saturated rings. The van der Waals surface area contributed by atoms with Crippen LogP contribution in [0.25, 0.3) is 6.08 Å². The van der Waals surface area contributed by atoms with Crippen LogP contribution in [0.2, 0.25) is 0 Å². The van der Waals surface area contributed by atoms with Crippen LogP contribution in [0.4, 0.5) is 0 Å². The zero-order valence-corrected chi connectivity index (χ0v) is 8.97. The molecule has 1 N–H and O–H groups in total. The predicted molar refractivity (Wildman–Crippen MR) is 60.9 cm³/mol. The van der Waals surface area contributed by atoms with Crippen LogP contribution in [-0.2, 0) is 9.53 Å². The van der Waals surface area contributed by atoms with Crippen LogP contribution in [0.3, 0.4) is 0 Å². The first-order valence-corrected chi connectivity index (χ1v) is 4.77. The SMILES string of the molecule is COCNC(=O)c1ccccc1/C=C/C=O. The molecule has 0 saturated carbocycles. The van der Waals surface area contributed by atoms with Gasteiger partial charge in [0, 0.05) is 12.7 Å². The Morgan fingerprint density at radius 3 is 2.88 bits per heavy atom. The summed E-state index contributed by atoms with van der Waals surface area (Å²) in [5.41, 5.74) is 1.21. The largest absolute Gasteiger partial charge is 0.364 e. The maximum Gasteiger partial charge on any atom is 0.253 e. The summed E-state index contributed by atoms with van der Waals surface area (Å²) in [6.07, 6.45) is 3.61. The van der Waals surface area contributed by atoms with Crippen LogP contribution in [-0.4, -0.2) is 26.0 Å². The van der Waals surface area contributed by atoms with Crippen LogP contribution in [0, 0.1) is 0 Å². The molecular weight excluding hydrogens is 206 g/mol. The number of aldehydes is 1. The molecule has 4 heteroatoms. The van der Waals surface area contributed by atoms with E-state index >= 15 is 0 Å². The number of carbonyl (C=O) groups is 2. The van der Waals surface area contributed by atoms with E-state index in [-0.39, 0.29) is 12.6 Å². The van der Waals surface area contributed by atoms with E-state index in [2.05, 4.69) is 5.32 Å². The Labute approximate surface area is 93.9 Å². The van der Waals surface area contributed by atoms with Gasteiger partial charge in [-0.05, 0) is 17.7 Å². The molecule has 1 aromatic rings. The number of benzene rings is 1. The highest BCUT2D eigenvalue weighted by Crippen LogP contribution is 2.10. The van der Waals surface area contributed by atoms with Crippen molar-refractivity contribution in [1.29, 1.82) is 0 Å². The number of amides is 1. The summed E-state index contributed by atoms with van der Waals surface area (Å²) < 4.78 is 4.75. The lowest BCUT2D eigenvalue weighted by molar-refractivity contribution is -0.104. The van der Waals surface area contributed by atoms with Crippen molar-refractivity contribution in [2.45, 2.75) is 0 Å². The van der Waals surface area contributed by atoms with Crippen LogP contribution >= 0.6 is 0 Å². The summed E-state index contributed by atoms with van der Waals surface area (Å²) >= 11 is 0. The van der Waals surface area contributed by atoms with E-state index in [9.17, 15) is 9.59 Å². The zero-order chi connectivity index (χ0) is 11.8. The van der Waals surface area contributed by atoms with E-state index in [1.165, 1.54) is 13.2 Å². The van der Waals surface area contributed by atoms with E-state index < -0.39 is 0 Å². The first-order chi connectivity index (χ1) is 7.79. The number of hydrogen-bond donors (Lipinski definition) is 1. The number of carbonyl (C=O) groups excluding carboxylic acids is 2. The average Bonchev–Trinajstić information content (AvgIpc) is 2.33. The maximum atomic E-state index is 11.7. The molecule has 0 spiro atoms. The fraction of sp³-hybridized carbons (Fsp3) is 0.167. The molecule has 0 heterocycles. The third kappa shape index (κ3) is 3.33. The number of nitrogens with one attached hydrogen (secondary N) is 1. The molecule has 0 aromatic heterocycles. The van der Waals surface area contributed by atoms with Gasteiger partial charge in [-0.3, -0.25) is 9.59 Å². The number of allylic oxidation sites excluding steroid dienone is 1. The molecule has 0 atom stereocenters. The molecule has 0 radical (unpaired) electrons. The van der Waals surface area contributed by atoms with Crippen molar-refractivity contribution in [3.8, 4) is 0 Å². The topological polar surface area (TPSA) is 55.4 Å². The molecule has 84 valence electrons. The van der Waals surface area contributed by atoms with E-state index in [0.717, 1.165) is 0 Å². The summed E-state index contributed by atoms with van der Waals surface area (Å²) in [5, 5.41) is 2.58. The van der Waals surface area contributed by atoms with Crippen molar-refractivity contribution < 1.29 is 14.3 Å². The van der Waals surface area contributed by atoms with Gasteiger partial charge in [0.25, 0.3) is 5.91 Å². The van der Waals surface area contributed by atoms with Gasteiger partial charge in [0.2, 0.25) is 0 Å². The Balaban J connectivity index is 2.89. The minimum Gasteiger partial charge on any atom is -0.364 e. The molecule has 0 aliphatic rings. The van der Waals surface area contributed by atoms with Gasteiger partial charge >= 0.3 is 0 Å². The smallest absolute Gasteiger partial charge is 0.253 e. The van der Waals surface area contributed by atoms with Gasteiger partial charge in [0.15, 0.2) is 0 Å². The molecule has 0 unspecified atom stereocenters. The Hall–Kier alpha value is -1.94. The van der Waals surface area contributed by atoms with E-state index in [0.29, 0.717) is 17.4 Å². The van der Waals surface area contributed by atoms with Gasteiger partial charge < -0.3 is 10.1 Å². The molecule has 0 aliphatic carbocycles. The van der Waals surface area contributed by atoms with Gasteiger partial charge in [-0.15, -0.1) is 0 Å². The highest BCUT2D eigenvalue weighted by molar-refractivity contribution is 5.98. The highest BCUT2D eigenvalue weighted by atomic mass is 16.5. The Morgan fingerprint density at radius 2 is 2.19 bits per heavy atom. The summed E-state index contributed by atoms with van der Waals surface area (Å²) in [4.78, 5) is 21.9. The van der Waals surface area contributed by atoms with Crippen molar-refractivity contribution in [3.05, 3.63) is 41.5 Å². The Morgan fingerprint density at radius 1 is 1.44 bits per heavy atom. The van der Waals surface area contributed by atoms with Crippen LogP contribution in [0.1, 0.15) is 15.9 Å². The predicted octanol–water partition coefficient (Wildman–Crippen LogP) is 1.23. The van der Waals surface area contributed by atoms with E-state index in [1.54, 1.807) is 30.3 Å². The lowest BCUT2D eigenvalue weighted by Gasteiger charge is -2.06. The van der Waals surface area contributed by atoms with Gasteiger partial charge in [-0.25, -0.2) is 0 Å². The van der Waals surface area contributed by atoms with Gasteiger partial charge in [0.1, 0.15) is 13.0 Å². The van der Waals surface area contributed by atoms with Crippen molar-refractivity contribution in [3.63, 3.8) is 0 Å². The lowest BCUT2D eigenvalue weighted by atomic mass is 10.1. The van der Waals surface area contributed by atoms with Crippen molar-refractivity contribution in [1.82, 2.24) is 5.32 Å². The Kier molecular flexibility index (Phi) is 4.95. The quantitative estimate of drug-likeness (QED) is 0.460. The molecule has 1 amide bonds. The third-order valence-corrected chi connectivity index (χ3v) is 1.94. The molecular formula is C12H13NO3. The zero-order valence-electron chi connectivity index (χ0n) is 8.97. The molecule has 0 bridgehead atoms. The Bertz CT molecular complexity index is 399. The fourth-order valence-corrected chi connectivity index (χ4v) is 1.23. The minimum atomic E-state index is -0.229. The second-order valence-corrected chi connectivity index (χ2v) is 3.02. The number of hydrogen-bond acceptors (Lipinski definition) is 3. The first kappa shape index (κ1) is 12.1. The van der Waals surface area contributed by atoms with Gasteiger partial charge in [0.05, 0.1) is 0 Å². The molecule has 0 aliphatic heterocycles. The normalized spacial score (nSPS) is 10.3. The molecule has 1 rings (SSSR count). The summed E-state index contributed by atoms with van der Waals surface area (Å²) in [6, 6.07) is 7.02. The minimum absolute atomic E-state index is 0.157. The van der Waals surface area contributed by atoms with Crippen LogP contribution in [0.15, 0.2) is 30.3 Å². The molecule has 0 saturated heterocycles. The number of ether oxygens (including phenoxy) is 1. The summed E-state index contributed by atoms with van der Waals surface area (Å²) in [6.45, 7) is 0.157. The lowest BCUT2D eigenvalue weighted by Crippen LogP contribution is -2.25. The molecule has 1 aromatic carbocycles. The van der Waals surface area contributed by atoms with Crippen molar-refractivity contribution in [2.24, 2.45) is 0 Å².